The summed E-state index contributed by atoms with van der Waals surface area (Å²) >= 11 is 3.06. The molecule has 1 atom stereocenters. The fourth-order valence-corrected chi connectivity index (χ4v) is 2.48. The second kappa shape index (κ2) is 8.46. The molecule has 0 bridgehead atoms. The predicted octanol–water partition coefficient (Wildman–Crippen LogP) is 2.90. The summed E-state index contributed by atoms with van der Waals surface area (Å²) in [5.74, 6) is -0.594. The lowest BCUT2D eigenvalue weighted by atomic mass is 10.2. The smallest absolute Gasteiger partial charge is 0.251 e. The Morgan fingerprint density at radius 2 is 2.38 bits per heavy atom. The highest BCUT2D eigenvalue weighted by atomic mass is 79.9. The van der Waals surface area contributed by atoms with Gasteiger partial charge in [0.2, 0.25) is 0 Å². The van der Waals surface area contributed by atoms with E-state index in [1.165, 1.54) is 18.2 Å². The molecule has 0 saturated carbocycles. The van der Waals surface area contributed by atoms with Crippen molar-refractivity contribution < 1.29 is 18.7 Å². The first-order valence-corrected chi connectivity index (χ1v) is 7.88. The molecule has 21 heavy (non-hydrogen) atoms. The lowest BCUT2D eigenvalue weighted by Gasteiger charge is -2.10. The van der Waals surface area contributed by atoms with Gasteiger partial charge in [-0.25, -0.2) is 4.39 Å². The highest BCUT2D eigenvalue weighted by Crippen LogP contribution is 2.16. The van der Waals surface area contributed by atoms with Crippen LogP contribution in [0.5, 0.6) is 0 Å². The molecule has 4 nitrogen and oxygen atoms in total. The van der Waals surface area contributed by atoms with Crippen molar-refractivity contribution in [2.24, 2.45) is 0 Å². The summed E-state index contributed by atoms with van der Waals surface area (Å²) in [6.07, 6.45) is 3.14. The van der Waals surface area contributed by atoms with E-state index in [1.54, 1.807) is 0 Å². The number of carbonyl (C=O) groups excluding carboxylic acids is 1. The van der Waals surface area contributed by atoms with Crippen LogP contribution < -0.4 is 5.32 Å². The van der Waals surface area contributed by atoms with Gasteiger partial charge in [-0.1, -0.05) is 0 Å². The van der Waals surface area contributed by atoms with Crippen molar-refractivity contribution in [2.75, 3.05) is 26.4 Å². The van der Waals surface area contributed by atoms with Gasteiger partial charge in [0.15, 0.2) is 0 Å². The van der Waals surface area contributed by atoms with E-state index in [9.17, 15) is 9.18 Å². The maximum Gasteiger partial charge on any atom is 0.251 e. The largest absolute Gasteiger partial charge is 0.379 e. The molecule has 0 aromatic heterocycles. The number of ether oxygens (including phenoxy) is 2. The zero-order chi connectivity index (χ0) is 15.1. The van der Waals surface area contributed by atoms with E-state index < -0.39 is 0 Å². The fraction of sp³-hybridized carbons (Fsp3) is 0.533. The SMILES string of the molecule is O=C(NCCCOCC1CCCO1)c1ccc(F)c(Br)c1. The van der Waals surface area contributed by atoms with Gasteiger partial charge >= 0.3 is 0 Å². The molecule has 1 N–H and O–H groups in total. The summed E-state index contributed by atoms with van der Waals surface area (Å²) in [5.41, 5.74) is 0.434. The van der Waals surface area contributed by atoms with E-state index in [4.69, 9.17) is 9.47 Å². The molecule has 0 radical (unpaired) electrons. The predicted molar refractivity (Wildman–Crippen MR) is 80.8 cm³/mol. The van der Waals surface area contributed by atoms with Gasteiger partial charge in [-0.3, -0.25) is 4.79 Å². The number of hydrogen-bond acceptors (Lipinski definition) is 3. The van der Waals surface area contributed by atoms with Crippen molar-refractivity contribution in [3.63, 3.8) is 0 Å². The van der Waals surface area contributed by atoms with E-state index in [2.05, 4.69) is 21.2 Å². The Kier molecular flexibility index (Phi) is 6.60. The second-order valence-electron chi connectivity index (χ2n) is 4.95. The molecule has 2 rings (SSSR count). The van der Waals surface area contributed by atoms with E-state index >= 15 is 0 Å². The first-order valence-electron chi connectivity index (χ1n) is 7.09. The van der Waals surface area contributed by atoms with Gasteiger partial charge in [-0.05, 0) is 53.4 Å². The van der Waals surface area contributed by atoms with Crippen LogP contribution in [0.3, 0.4) is 0 Å². The van der Waals surface area contributed by atoms with Crippen LogP contribution in [0, 0.1) is 5.82 Å². The Bertz CT molecular complexity index is 478. The standard InChI is InChI=1S/C15H19BrFNO3/c16-13-9-11(4-5-14(13)17)15(19)18-6-2-7-20-10-12-3-1-8-21-12/h4-5,9,12H,1-3,6-8,10H2,(H,18,19). The minimum atomic E-state index is -0.380. The lowest BCUT2D eigenvalue weighted by molar-refractivity contribution is 0.0166. The fourth-order valence-electron chi connectivity index (χ4n) is 2.11. The van der Waals surface area contributed by atoms with Crippen LogP contribution >= 0.6 is 15.9 Å². The molecule has 0 aliphatic carbocycles. The Morgan fingerprint density at radius 1 is 1.52 bits per heavy atom. The van der Waals surface area contributed by atoms with E-state index in [-0.39, 0.29) is 22.3 Å². The minimum absolute atomic E-state index is 0.213. The molecule has 1 aromatic carbocycles. The topological polar surface area (TPSA) is 47.6 Å². The monoisotopic (exact) mass is 359 g/mol. The second-order valence-corrected chi connectivity index (χ2v) is 5.80. The van der Waals surface area contributed by atoms with Crippen LogP contribution in [0.15, 0.2) is 22.7 Å². The zero-order valence-electron chi connectivity index (χ0n) is 11.7. The third kappa shape index (κ3) is 5.37. The van der Waals surface area contributed by atoms with Crippen LogP contribution in [-0.4, -0.2) is 38.4 Å². The maximum absolute atomic E-state index is 13.1. The van der Waals surface area contributed by atoms with Gasteiger partial charge in [-0.2, -0.15) is 0 Å². The van der Waals surface area contributed by atoms with Gasteiger partial charge in [-0.15, -0.1) is 0 Å². The van der Waals surface area contributed by atoms with Gasteiger partial charge in [0.05, 0.1) is 17.2 Å². The summed E-state index contributed by atoms with van der Waals surface area (Å²) in [5, 5.41) is 2.78. The Labute approximate surface area is 132 Å². The molecule has 0 spiro atoms. The number of amides is 1. The van der Waals surface area contributed by atoms with Crippen molar-refractivity contribution in [3.8, 4) is 0 Å². The number of benzene rings is 1. The molecular formula is C15H19BrFNO3. The average Bonchev–Trinajstić information content (AvgIpc) is 2.98. The summed E-state index contributed by atoms with van der Waals surface area (Å²) in [6.45, 7) is 2.57. The van der Waals surface area contributed by atoms with Crippen molar-refractivity contribution >= 4 is 21.8 Å². The number of carbonyl (C=O) groups is 1. The summed E-state index contributed by atoms with van der Waals surface area (Å²) in [4.78, 5) is 11.8. The molecule has 1 heterocycles. The normalized spacial score (nSPS) is 17.9. The third-order valence-corrected chi connectivity index (χ3v) is 3.87. The first-order chi connectivity index (χ1) is 10.2. The van der Waals surface area contributed by atoms with E-state index in [0.717, 1.165) is 25.9 Å². The lowest BCUT2D eigenvalue weighted by Crippen LogP contribution is -2.25. The van der Waals surface area contributed by atoms with Crippen LogP contribution in [0.4, 0.5) is 4.39 Å². The number of rotatable bonds is 7. The average molecular weight is 360 g/mol. The summed E-state index contributed by atoms with van der Waals surface area (Å²) in [6, 6.07) is 4.20. The Hall–Kier alpha value is -0.980. The quantitative estimate of drug-likeness (QED) is 0.761. The van der Waals surface area contributed by atoms with Gasteiger partial charge < -0.3 is 14.8 Å². The van der Waals surface area contributed by atoms with Gasteiger partial charge in [0.1, 0.15) is 5.82 Å². The molecule has 1 aliphatic heterocycles. The number of halogens is 2. The van der Waals surface area contributed by atoms with Gasteiger partial charge in [0.25, 0.3) is 5.91 Å². The van der Waals surface area contributed by atoms with Crippen molar-refractivity contribution in [1.82, 2.24) is 5.32 Å². The summed E-state index contributed by atoms with van der Waals surface area (Å²) < 4.78 is 24.3. The molecule has 1 aromatic rings. The molecule has 116 valence electrons. The van der Waals surface area contributed by atoms with E-state index in [1.807, 2.05) is 0 Å². The van der Waals surface area contributed by atoms with Crippen molar-refractivity contribution in [2.45, 2.75) is 25.4 Å². The van der Waals surface area contributed by atoms with Crippen LogP contribution in [0.25, 0.3) is 0 Å². The molecular weight excluding hydrogens is 341 g/mol. The number of nitrogens with one attached hydrogen (secondary N) is 1. The van der Waals surface area contributed by atoms with Crippen LogP contribution in [0.2, 0.25) is 0 Å². The van der Waals surface area contributed by atoms with E-state index in [0.29, 0.717) is 25.3 Å². The zero-order valence-corrected chi connectivity index (χ0v) is 13.3. The Balaban J connectivity index is 1.59. The molecule has 6 heteroatoms. The maximum atomic E-state index is 13.1. The highest BCUT2D eigenvalue weighted by Gasteiger charge is 2.15. The third-order valence-electron chi connectivity index (χ3n) is 3.26. The van der Waals surface area contributed by atoms with Gasteiger partial charge in [0, 0.05) is 25.3 Å². The van der Waals surface area contributed by atoms with Crippen LogP contribution in [-0.2, 0) is 9.47 Å². The van der Waals surface area contributed by atoms with Crippen molar-refractivity contribution in [1.29, 1.82) is 0 Å². The summed E-state index contributed by atoms with van der Waals surface area (Å²) in [7, 11) is 0. The minimum Gasteiger partial charge on any atom is -0.379 e. The van der Waals surface area contributed by atoms with Crippen LogP contribution in [0.1, 0.15) is 29.6 Å². The molecule has 1 aliphatic rings. The first kappa shape index (κ1) is 16.4. The highest BCUT2D eigenvalue weighted by molar-refractivity contribution is 9.10. The van der Waals surface area contributed by atoms with Crippen molar-refractivity contribution in [3.05, 3.63) is 34.1 Å². The Morgan fingerprint density at radius 3 is 3.10 bits per heavy atom. The molecule has 1 amide bonds. The molecule has 1 saturated heterocycles. The molecule has 1 fully saturated rings. The molecule has 1 unspecified atom stereocenters. The number of hydrogen-bond donors (Lipinski definition) is 1.